The van der Waals surface area contributed by atoms with E-state index in [1.807, 2.05) is 49.4 Å². The van der Waals surface area contributed by atoms with Crippen LogP contribution in [0.5, 0.6) is 5.88 Å². The van der Waals surface area contributed by atoms with E-state index in [9.17, 15) is 9.50 Å². The number of nitrogens with zero attached hydrogens (tertiary/aromatic N) is 1. The van der Waals surface area contributed by atoms with Gasteiger partial charge >= 0.3 is 0 Å². The molecule has 0 aliphatic carbocycles. The largest absolute Gasteiger partial charge is 0.481 e. The highest BCUT2D eigenvalue weighted by atomic mass is 79.9. The van der Waals surface area contributed by atoms with Gasteiger partial charge in [0.25, 0.3) is 0 Å². The monoisotopic (exact) mass is 602 g/mol. The standard InChI is InChI=1S/C29H27BrClFN2O2.H2S/c1-17-12-22(32)7-8-23(17)26-16-29(35,10-11-33-26)27(18-4-3-5-21(31)14-18)24-15-19-13-20(30)6-9-25(19)34-28(24)36-2;/h3-9,12-15,26-27,33,35H,10-11,16H2,1-2H3;1H2. The molecule has 0 bridgehead atoms. The summed E-state index contributed by atoms with van der Waals surface area (Å²) in [6.07, 6.45) is 0.941. The molecular formula is C29H29BrClFN2O2S. The Morgan fingerprint density at radius 3 is 2.70 bits per heavy atom. The van der Waals surface area contributed by atoms with Crippen molar-refractivity contribution in [3.63, 3.8) is 0 Å². The molecule has 2 heterocycles. The molecule has 0 spiro atoms. The predicted octanol–water partition coefficient (Wildman–Crippen LogP) is 7.21. The zero-order chi connectivity index (χ0) is 25.4. The summed E-state index contributed by atoms with van der Waals surface area (Å²) in [7, 11) is 1.60. The Labute approximate surface area is 236 Å². The van der Waals surface area contributed by atoms with Gasteiger partial charge in [-0.25, -0.2) is 9.37 Å². The van der Waals surface area contributed by atoms with Gasteiger partial charge in [-0.3, -0.25) is 0 Å². The predicted molar refractivity (Wildman–Crippen MR) is 156 cm³/mol. The Hall–Kier alpha value is -2.16. The van der Waals surface area contributed by atoms with Gasteiger partial charge in [0.2, 0.25) is 5.88 Å². The Kier molecular flexibility index (Phi) is 8.51. The van der Waals surface area contributed by atoms with Crippen molar-refractivity contribution in [2.45, 2.75) is 37.3 Å². The van der Waals surface area contributed by atoms with Gasteiger partial charge in [0.05, 0.1) is 18.2 Å². The van der Waals surface area contributed by atoms with Gasteiger partial charge in [-0.05, 0) is 91.5 Å². The molecule has 1 aliphatic rings. The molecule has 0 radical (unpaired) electrons. The molecule has 3 unspecified atom stereocenters. The molecule has 0 amide bonds. The SMILES string of the molecule is COc1nc2ccc(Br)cc2cc1C(c1cccc(Cl)c1)C1(O)CCNC(c2ccc(F)cc2C)C1.S. The number of hydrogen-bond donors (Lipinski definition) is 2. The quantitative estimate of drug-likeness (QED) is 0.253. The van der Waals surface area contributed by atoms with E-state index in [4.69, 9.17) is 21.3 Å². The van der Waals surface area contributed by atoms with Gasteiger partial charge in [-0.2, -0.15) is 13.5 Å². The van der Waals surface area contributed by atoms with Gasteiger partial charge in [-0.15, -0.1) is 0 Å². The van der Waals surface area contributed by atoms with Crippen LogP contribution in [0, 0.1) is 12.7 Å². The minimum Gasteiger partial charge on any atom is -0.481 e. The first-order valence-electron chi connectivity index (χ1n) is 11.9. The number of halogens is 3. The Morgan fingerprint density at radius 1 is 1.16 bits per heavy atom. The van der Waals surface area contributed by atoms with E-state index in [1.165, 1.54) is 12.1 Å². The highest BCUT2D eigenvalue weighted by molar-refractivity contribution is 9.10. The second-order valence-corrected chi connectivity index (χ2v) is 10.8. The van der Waals surface area contributed by atoms with Crippen LogP contribution in [0.4, 0.5) is 4.39 Å². The summed E-state index contributed by atoms with van der Waals surface area (Å²) in [4.78, 5) is 4.79. The fraction of sp³-hybridized carbons (Fsp3) is 0.276. The molecule has 4 aromatic rings. The fourth-order valence-corrected chi connectivity index (χ4v) is 6.06. The molecular weight excluding hydrogens is 575 g/mol. The van der Waals surface area contributed by atoms with E-state index in [1.54, 1.807) is 13.2 Å². The summed E-state index contributed by atoms with van der Waals surface area (Å²) >= 11 is 9.98. The van der Waals surface area contributed by atoms with Gasteiger partial charge in [0.1, 0.15) is 5.82 Å². The van der Waals surface area contributed by atoms with Crippen molar-refractivity contribution in [2.75, 3.05) is 13.7 Å². The molecule has 194 valence electrons. The molecule has 4 nitrogen and oxygen atoms in total. The molecule has 1 saturated heterocycles. The summed E-state index contributed by atoms with van der Waals surface area (Å²) < 4.78 is 20.5. The Balaban J connectivity index is 0.00000320. The number of ether oxygens (including phenoxy) is 1. The number of rotatable bonds is 5. The third-order valence-corrected chi connectivity index (χ3v) is 7.84. The lowest BCUT2D eigenvalue weighted by Crippen LogP contribution is -2.48. The first-order chi connectivity index (χ1) is 17.3. The van der Waals surface area contributed by atoms with Gasteiger partial charge in [0.15, 0.2) is 0 Å². The normalized spacial score (nSPS) is 20.3. The van der Waals surface area contributed by atoms with Crippen LogP contribution in [0.3, 0.4) is 0 Å². The molecule has 37 heavy (non-hydrogen) atoms. The minimum absolute atomic E-state index is 0. The Bertz CT molecular complexity index is 1440. The Morgan fingerprint density at radius 2 is 1.97 bits per heavy atom. The minimum atomic E-state index is -1.14. The summed E-state index contributed by atoms with van der Waals surface area (Å²) in [6, 6.07) is 20.2. The maximum atomic E-state index is 13.8. The van der Waals surface area contributed by atoms with E-state index in [0.29, 0.717) is 30.3 Å². The van der Waals surface area contributed by atoms with Crippen LogP contribution in [-0.2, 0) is 0 Å². The summed E-state index contributed by atoms with van der Waals surface area (Å²) in [6.45, 7) is 2.50. The zero-order valence-corrected chi connectivity index (χ0v) is 23.9. The second-order valence-electron chi connectivity index (χ2n) is 9.48. The number of pyridine rings is 1. The smallest absolute Gasteiger partial charge is 0.217 e. The van der Waals surface area contributed by atoms with E-state index in [0.717, 1.165) is 37.6 Å². The third kappa shape index (κ3) is 5.66. The zero-order valence-electron chi connectivity index (χ0n) is 20.6. The molecule has 1 aromatic heterocycles. The topological polar surface area (TPSA) is 54.4 Å². The first kappa shape index (κ1) is 27.9. The van der Waals surface area contributed by atoms with Crippen molar-refractivity contribution in [3.8, 4) is 5.88 Å². The molecule has 3 aromatic carbocycles. The summed E-state index contributed by atoms with van der Waals surface area (Å²) in [5.41, 5.74) is 3.18. The van der Waals surface area contributed by atoms with Crippen LogP contribution >= 0.6 is 41.0 Å². The van der Waals surface area contributed by atoms with E-state index in [-0.39, 0.29) is 25.4 Å². The van der Waals surface area contributed by atoms with Crippen molar-refractivity contribution in [2.24, 2.45) is 0 Å². The number of hydrogen-bond acceptors (Lipinski definition) is 4. The van der Waals surface area contributed by atoms with Gasteiger partial charge < -0.3 is 15.2 Å². The highest BCUT2D eigenvalue weighted by Gasteiger charge is 2.44. The van der Waals surface area contributed by atoms with Crippen molar-refractivity contribution < 1.29 is 14.2 Å². The molecule has 1 fully saturated rings. The lowest BCUT2D eigenvalue weighted by Gasteiger charge is -2.44. The lowest BCUT2D eigenvalue weighted by atomic mass is 9.70. The number of aliphatic hydroxyl groups is 1. The number of benzene rings is 3. The van der Waals surface area contributed by atoms with Crippen molar-refractivity contribution in [3.05, 3.63) is 104 Å². The molecule has 8 heteroatoms. The molecule has 3 atom stereocenters. The first-order valence-corrected chi connectivity index (χ1v) is 13.1. The molecule has 1 aliphatic heterocycles. The van der Waals surface area contributed by atoms with Gasteiger partial charge in [-0.1, -0.05) is 45.7 Å². The fourth-order valence-electron chi connectivity index (χ4n) is 5.48. The van der Waals surface area contributed by atoms with E-state index in [2.05, 4.69) is 27.3 Å². The number of methoxy groups -OCH3 is 1. The van der Waals surface area contributed by atoms with Crippen LogP contribution in [0.25, 0.3) is 10.9 Å². The third-order valence-electron chi connectivity index (χ3n) is 7.11. The number of nitrogens with one attached hydrogen (secondary N) is 1. The maximum Gasteiger partial charge on any atom is 0.217 e. The van der Waals surface area contributed by atoms with Crippen LogP contribution in [0.1, 0.15) is 47.1 Å². The van der Waals surface area contributed by atoms with E-state index >= 15 is 0 Å². The number of aryl methyl sites for hydroxylation is 1. The molecule has 2 N–H and O–H groups in total. The van der Waals surface area contributed by atoms with E-state index < -0.39 is 11.5 Å². The van der Waals surface area contributed by atoms with Gasteiger partial charge in [0, 0.05) is 32.4 Å². The number of aromatic nitrogens is 1. The van der Waals surface area contributed by atoms with Crippen molar-refractivity contribution in [1.82, 2.24) is 10.3 Å². The average molecular weight is 604 g/mol. The number of fused-ring (bicyclic) bond motifs is 1. The lowest BCUT2D eigenvalue weighted by molar-refractivity contribution is -0.0197. The summed E-state index contributed by atoms with van der Waals surface area (Å²) in [5.74, 6) is -0.249. The van der Waals surface area contributed by atoms with Crippen molar-refractivity contribution >= 4 is 51.9 Å². The summed E-state index contributed by atoms with van der Waals surface area (Å²) in [5, 5.41) is 17.5. The maximum absolute atomic E-state index is 13.8. The average Bonchev–Trinajstić information content (AvgIpc) is 2.83. The van der Waals surface area contributed by atoms with Crippen molar-refractivity contribution in [1.29, 1.82) is 0 Å². The second kappa shape index (κ2) is 11.3. The van der Waals surface area contributed by atoms with Crippen LogP contribution in [0.15, 0.2) is 71.2 Å². The van der Waals surface area contributed by atoms with Crippen LogP contribution in [0.2, 0.25) is 5.02 Å². The van der Waals surface area contributed by atoms with Crippen LogP contribution < -0.4 is 10.1 Å². The van der Waals surface area contributed by atoms with Crippen LogP contribution in [-0.4, -0.2) is 29.3 Å². The molecule has 5 rings (SSSR count). The number of piperidine rings is 1. The highest BCUT2D eigenvalue weighted by Crippen LogP contribution is 2.47. The molecule has 0 saturated carbocycles.